The fourth-order valence-corrected chi connectivity index (χ4v) is 1.84. The number of benzene rings is 1. The number of aliphatic carboxylic acids is 3. The molecule has 0 radical (unpaired) electrons. The topological polar surface area (TPSA) is 135 Å². The molecule has 0 aliphatic rings. The van der Waals surface area contributed by atoms with Gasteiger partial charge in [0.2, 0.25) is 0 Å². The van der Waals surface area contributed by atoms with Crippen LogP contribution in [0.1, 0.15) is 11.1 Å². The molecule has 0 aliphatic carbocycles. The Kier molecular flexibility index (Phi) is 7.92. The van der Waals surface area contributed by atoms with Gasteiger partial charge in [0.1, 0.15) is 5.75 Å². The molecular formula is C13H16ClNO7. The molecule has 4 N–H and O–H groups in total. The van der Waals surface area contributed by atoms with E-state index in [1.807, 2.05) is 0 Å². The Hall–Kier alpha value is -2.32. The van der Waals surface area contributed by atoms with Gasteiger partial charge in [-0.2, -0.15) is 0 Å². The predicted molar refractivity (Wildman–Crippen MR) is 77.2 cm³/mol. The number of halogens is 1. The minimum absolute atomic E-state index is 0. The second-order valence-electron chi connectivity index (χ2n) is 4.47. The summed E-state index contributed by atoms with van der Waals surface area (Å²) in [6.45, 7) is -1.12. The highest BCUT2D eigenvalue weighted by molar-refractivity contribution is 5.85. The second kappa shape index (κ2) is 8.85. The molecule has 122 valence electrons. The lowest BCUT2D eigenvalue weighted by atomic mass is 10.1. The van der Waals surface area contributed by atoms with Gasteiger partial charge < -0.3 is 20.4 Å². The van der Waals surface area contributed by atoms with Crippen LogP contribution in [0.4, 0.5) is 0 Å². The van der Waals surface area contributed by atoms with Crippen molar-refractivity contribution in [1.82, 2.24) is 4.90 Å². The van der Waals surface area contributed by atoms with Crippen LogP contribution in [0, 0.1) is 0 Å². The number of carbonyl (C=O) groups is 3. The first-order valence-corrected chi connectivity index (χ1v) is 5.96. The summed E-state index contributed by atoms with van der Waals surface area (Å²) in [7, 11) is 0. The maximum absolute atomic E-state index is 10.7. The minimum atomic E-state index is -1.20. The molecule has 0 heterocycles. The third-order valence-electron chi connectivity index (χ3n) is 2.61. The third kappa shape index (κ3) is 6.91. The van der Waals surface area contributed by atoms with E-state index in [0.717, 1.165) is 4.90 Å². The van der Waals surface area contributed by atoms with Gasteiger partial charge in [-0.15, -0.1) is 12.4 Å². The van der Waals surface area contributed by atoms with Gasteiger partial charge in [-0.25, -0.2) is 0 Å². The van der Waals surface area contributed by atoms with E-state index in [1.54, 1.807) is 0 Å². The molecule has 0 bridgehead atoms. The number of rotatable bonds is 8. The van der Waals surface area contributed by atoms with Gasteiger partial charge in [-0.1, -0.05) is 12.1 Å². The molecule has 0 saturated heterocycles. The van der Waals surface area contributed by atoms with Crippen LogP contribution in [0.3, 0.4) is 0 Å². The molecule has 0 atom stereocenters. The standard InChI is InChI=1S/C13H15NO7.ClH/c15-10-2-1-8(4-11(16)17)3-9(10)5-14(6-12(18)19)7-13(20)21;/h1-3,15H,4-7H2,(H,16,17)(H,18,19)(H,20,21);1H. The zero-order valence-electron chi connectivity index (χ0n) is 11.4. The van der Waals surface area contributed by atoms with E-state index in [-0.39, 0.29) is 36.7 Å². The first kappa shape index (κ1) is 19.7. The zero-order valence-corrected chi connectivity index (χ0v) is 12.2. The predicted octanol–water partition coefficient (Wildman–Crippen LogP) is 0.412. The molecule has 1 aromatic rings. The molecule has 0 saturated carbocycles. The SMILES string of the molecule is Cl.O=C(O)Cc1ccc(O)c(CN(CC(=O)O)CC(=O)O)c1. The van der Waals surface area contributed by atoms with Crippen molar-refractivity contribution in [3.63, 3.8) is 0 Å². The van der Waals surface area contributed by atoms with Crippen LogP contribution < -0.4 is 0 Å². The van der Waals surface area contributed by atoms with Crippen LogP contribution in [-0.4, -0.2) is 56.3 Å². The maximum Gasteiger partial charge on any atom is 0.317 e. The number of hydrogen-bond donors (Lipinski definition) is 4. The molecule has 0 unspecified atom stereocenters. The monoisotopic (exact) mass is 333 g/mol. The van der Waals surface area contributed by atoms with Crippen molar-refractivity contribution in [2.24, 2.45) is 0 Å². The second-order valence-corrected chi connectivity index (χ2v) is 4.47. The Morgan fingerprint density at radius 3 is 1.95 bits per heavy atom. The number of hydrogen-bond acceptors (Lipinski definition) is 5. The Balaban J connectivity index is 0.00000441. The first-order valence-electron chi connectivity index (χ1n) is 5.96. The Bertz CT molecular complexity index is 545. The molecule has 0 amide bonds. The van der Waals surface area contributed by atoms with E-state index in [0.29, 0.717) is 5.56 Å². The highest BCUT2D eigenvalue weighted by Crippen LogP contribution is 2.20. The van der Waals surface area contributed by atoms with Gasteiger partial charge >= 0.3 is 17.9 Å². The largest absolute Gasteiger partial charge is 0.508 e. The van der Waals surface area contributed by atoms with Gasteiger partial charge in [0.25, 0.3) is 0 Å². The molecular weight excluding hydrogens is 318 g/mol. The lowest BCUT2D eigenvalue weighted by Crippen LogP contribution is -2.34. The average Bonchev–Trinajstić information content (AvgIpc) is 2.31. The molecule has 1 aromatic carbocycles. The first-order chi connectivity index (χ1) is 9.77. The molecule has 0 aromatic heterocycles. The average molecular weight is 334 g/mol. The smallest absolute Gasteiger partial charge is 0.317 e. The van der Waals surface area contributed by atoms with Crippen molar-refractivity contribution in [2.45, 2.75) is 13.0 Å². The summed E-state index contributed by atoms with van der Waals surface area (Å²) < 4.78 is 0. The van der Waals surface area contributed by atoms with Crippen LogP contribution in [0.15, 0.2) is 18.2 Å². The molecule has 0 fully saturated rings. The summed E-state index contributed by atoms with van der Waals surface area (Å²) in [5, 5.41) is 35.9. The van der Waals surface area contributed by atoms with E-state index in [2.05, 4.69) is 0 Å². The van der Waals surface area contributed by atoms with Crippen molar-refractivity contribution in [1.29, 1.82) is 0 Å². The van der Waals surface area contributed by atoms with E-state index in [9.17, 15) is 19.5 Å². The number of carboxylic acids is 3. The number of carboxylic acid groups (broad SMARTS) is 3. The number of phenols is 1. The fraction of sp³-hybridized carbons (Fsp3) is 0.308. The lowest BCUT2D eigenvalue weighted by Gasteiger charge is -2.19. The quantitative estimate of drug-likeness (QED) is 0.537. The van der Waals surface area contributed by atoms with Gasteiger partial charge in [0.15, 0.2) is 0 Å². The normalized spacial score (nSPS) is 10.0. The summed E-state index contributed by atoms with van der Waals surface area (Å²) in [6, 6.07) is 4.15. The fourth-order valence-electron chi connectivity index (χ4n) is 1.84. The van der Waals surface area contributed by atoms with Crippen molar-refractivity contribution in [3.8, 4) is 5.75 Å². The molecule has 0 aliphatic heterocycles. The zero-order chi connectivity index (χ0) is 16.0. The highest BCUT2D eigenvalue weighted by Gasteiger charge is 2.16. The van der Waals surface area contributed by atoms with Crippen LogP contribution >= 0.6 is 12.4 Å². The van der Waals surface area contributed by atoms with Crippen molar-refractivity contribution in [2.75, 3.05) is 13.1 Å². The van der Waals surface area contributed by atoms with Crippen LogP contribution in [0.5, 0.6) is 5.75 Å². The van der Waals surface area contributed by atoms with E-state index >= 15 is 0 Å². The Labute approximate surface area is 132 Å². The number of nitrogens with zero attached hydrogens (tertiary/aromatic N) is 1. The minimum Gasteiger partial charge on any atom is -0.508 e. The lowest BCUT2D eigenvalue weighted by molar-refractivity contribution is -0.142. The van der Waals surface area contributed by atoms with Gasteiger partial charge in [-0.3, -0.25) is 19.3 Å². The van der Waals surface area contributed by atoms with Crippen molar-refractivity contribution in [3.05, 3.63) is 29.3 Å². The Morgan fingerprint density at radius 2 is 1.50 bits per heavy atom. The Morgan fingerprint density at radius 1 is 0.955 bits per heavy atom. The van der Waals surface area contributed by atoms with Crippen LogP contribution in [0.25, 0.3) is 0 Å². The highest BCUT2D eigenvalue weighted by atomic mass is 35.5. The molecule has 9 heteroatoms. The third-order valence-corrected chi connectivity index (χ3v) is 2.61. The van der Waals surface area contributed by atoms with Gasteiger partial charge in [-0.05, 0) is 11.6 Å². The molecule has 22 heavy (non-hydrogen) atoms. The molecule has 0 spiro atoms. The summed E-state index contributed by atoms with van der Waals surface area (Å²) in [4.78, 5) is 33.2. The molecule has 1 rings (SSSR count). The molecule has 8 nitrogen and oxygen atoms in total. The van der Waals surface area contributed by atoms with Gasteiger partial charge in [0.05, 0.1) is 19.5 Å². The number of aromatic hydroxyl groups is 1. The maximum atomic E-state index is 10.7. The van der Waals surface area contributed by atoms with Crippen LogP contribution in [-0.2, 0) is 27.3 Å². The van der Waals surface area contributed by atoms with Gasteiger partial charge in [0, 0.05) is 12.1 Å². The van der Waals surface area contributed by atoms with E-state index < -0.39 is 31.0 Å². The number of phenolic OH excluding ortho intramolecular Hbond substituents is 1. The van der Waals surface area contributed by atoms with E-state index in [4.69, 9.17) is 15.3 Å². The summed E-state index contributed by atoms with van der Waals surface area (Å²) >= 11 is 0. The van der Waals surface area contributed by atoms with Crippen LogP contribution in [0.2, 0.25) is 0 Å². The van der Waals surface area contributed by atoms with Crippen molar-refractivity contribution < 1.29 is 34.8 Å². The van der Waals surface area contributed by atoms with Crippen molar-refractivity contribution >= 4 is 30.3 Å². The summed E-state index contributed by atoms with van der Waals surface area (Å²) in [6.07, 6.45) is -0.245. The summed E-state index contributed by atoms with van der Waals surface area (Å²) in [5.74, 6) is -3.58. The van der Waals surface area contributed by atoms with E-state index in [1.165, 1.54) is 18.2 Å². The summed E-state index contributed by atoms with van der Waals surface area (Å²) in [5.41, 5.74) is 0.706.